The molecule has 4 rings (SSSR count). The molecule has 1 aliphatic heterocycles. The van der Waals surface area contributed by atoms with Crippen LogP contribution < -0.4 is 0 Å². The molecule has 1 aromatic heterocycles. The van der Waals surface area contributed by atoms with Gasteiger partial charge in [-0.1, -0.05) is 53.2 Å². The van der Waals surface area contributed by atoms with Gasteiger partial charge in [0.15, 0.2) is 0 Å². The zero-order valence-corrected chi connectivity index (χ0v) is 15.3. The van der Waals surface area contributed by atoms with Crippen molar-refractivity contribution in [2.45, 2.75) is 18.9 Å². The molecular formula is C20H18ClFN4O. The van der Waals surface area contributed by atoms with Crippen molar-refractivity contribution in [2.75, 3.05) is 13.1 Å². The molecule has 2 aromatic carbocycles. The van der Waals surface area contributed by atoms with Gasteiger partial charge in [0.25, 0.3) is 0 Å². The van der Waals surface area contributed by atoms with Crippen LogP contribution in [-0.2, 0) is 11.2 Å². The average molecular weight is 385 g/mol. The number of nitrogens with zero attached hydrogens (tertiary/aromatic N) is 4. The Bertz CT molecular complexity index is 939. The minimum atomic E-state index is -0.449. The van der Waals surface area contributed by atoms with E-state index in [1.54, 1.807) is 11.0 Å². The first kappa shape index (κ1) is 17.7. The van der Waals surface area contributed by atoms with Crippen LogP contribution in [0.4, 0.5) is 4.39 Å². The lowest BCUT2D eigenvalue weighted by molar-refractivity contribution is -0.129. The van der Waals surface area contributed by atoms with E-state index in [9.17, 15) is 9.18 Å². The van der Waals surface area contributed by atoms with E-state index in [1.165, 1.54) is 12.1 Å². The molecule has 0 N–H and O–H groups in total. The molecular weight excluding hydrogens is 367 g/mol. The van der Waals surface area contributed by atoms with E-state index in [4.69, 9.17) is 11.6 Å². The molecule has 0 bridgehead atoms. The van der Waals surface area contributed by atoms with Crippen LogP contribution in [0, 0.1) is 5.82 Å². The zero-order chi connectivity index (χ0) is 18.8. The number of halogens is 2. The van der Waals surface area contributed by atoms with Gasteiger partial charge in [-0.25, -0.2) is 9.07 Å². The van der Waals surface area contributed by atoms with Gasteiger partial charge in [0, 0.05) is 29.2 Å². The summed E-state index contributed by atoms with van der Waals surface area (Å²) in [6.07, 6.45) is 2.65. The first-order chi connectivity index (χ1) is 13.1. The van der Waals surface area contributed by atoms with Gasteiger partial charge in [-0.05, 0) is 18.6 Å². The fourth-order valence-corrected chi connectivity index (χ4v) is 3.57. The Labute approximate surface area is 161 Å². The summed E-state index contributed by atoms with van der Waals surface area (Å²) in [5.74, 6) is -0.580. The summed E-state index contributed by atoms with van der Waals surface area (Å²) in [6, 6.07) is 14.4. The van der Waals surface area contributed by atoms with Gasteiger partial charge in [0.1, 0.15) is 11.5 Å². The second-order valence-corrected chi connectivity index (χ2v) is 7.02. The van der Waals surface area contributed by atoms with Crippen LogP contribution in [0.25, 0.3) is 11.3 Å². The van der Waals surface area contributed by atoms with E-state index in [2.05, 4.69) is 10.3 Å². The van der Waals surface area contributed by atoms with E-state index in [0.717, 1.165) is 17.7 Å². The highest BCUT2D eigenvalue weighted by molar-refractivity contribution is 6.31. The van der Waals surface area contributed by atoms with Crippen LogP contribution in [-0.4, -0.2) is 38.9 Å². The lowest BCUT2D eigenvalue weighted by atomic mass is 10.1. The molecule has 3 aromatic rings. The Morgan fingerprint density at radius 2 is 2.00 bits per heavy atom. The van der Waals surface area contributed by atoms with E-state index in [-0.39, 0.29) is 29.0 Å². The fraction of sp³-hybridized carbons (Fsp3) is 0.250. The monoisotopic (exact) mass is 384 g/mol. The van der Waals surface area contributed by atoms with E-state index in [0.29, 0.717) is 13.1 Å². The molecule has 0 aliphatic carbocycles. The Morgan fingerprint density at radius 1 is 1.19 bits per heavy atom. The van der Waals surface area contributed by atoms with Crippen molar-refractivity contribution in [2.24, 2.45) is 0 Å². The van der Waals surface area contributed by atoms with Gasteiger partial charge >= 0.3 is 0 Å². The summed E-state index contributed by atoms with van der Waals surface area (Å²) in [5, 5.41) is 8.74. The number of likely N-dealkylation sites (tertiary alicyclic amines) is 1. The SMILES string of the molecule is O=C(Cc1c(F)cccc1Cl)N1CCC(n2cc(-c3ccccc3)nn2)C1. The molecule has 138 valence electrons. The lowest BCUT2D eigenvalue weighted by Crippen LogP contribution is -2.30. The maximum absolute atomic E-state index is 13.9. The van der Waals surface area contributed by atoms with Crippen LogP contribution in [0.1, 0.15) is 18.0 Å². The molecule has 1 unspecified atom stereocenters. The fourth-order valence-electron chi connectivity index (χ4n) is 3.34. The summed E-state index contributed by atoms with van der Waals surface area (Å²) in [7, 11) is 0. The Balaban J connectivity index is 1.43. The van der Waals surface area contributed by atoms with E-state index in [1.807, 2.05) is 41.2 Å². The lowest BCUT2D eigenvalue weighted by Gasteiger charge is -2.17. The number of benzene rings is 2. The van der Waals surface area contributed by atoms with Crippen molar-refractivity contribution < 1.29 is 9.18 Å². The van der Waals surface area contributed by atoms with Crippen molar-refractivity contribution in [3.8, 4) is 11.3 Å². The van der Waals surface area contributed by atoms with Crippen LogP contribution in [0.15, 0.2) is 54.7 Å². The molecule has 0 spiro atoms. The van der Waals surface area contributed by atoms with Gasteiger partial charge in [-0.3, -0.25) is 4.79 Å². The third kappa shape index (κ3) is 3.71. The molecule has 1 saturated heterocycles. The summed E-state index contributed by atoms with van der Waals surface area (Å²) < 4.78 is 15.7. The van der Waals surface area contributed by atoms with Crippen molar-refractivity contribution in [3.05, 3.63) is 71.1 Å². The molecule has 2 heterocycles. The van der Waals surface area contributed by atoms with Crippen molar-refractivity contribution in [3.63, 3.8) is 0 Å². The largest absolute Gasteiger partial charge is 0.340 e. The van der Waals surface area contributed by atoms with E-state index < -0.39 is 5.82 Å². The number of amides is 1. The predicted molar refractivity (Wildman–Crippen MR) is 101 cm³/mol. The molecule has 1 fully saturated rings. The molecule has 0 saturated carbocycles. The highest BCUT2D eigenvalue weighted by Gasteiger charge is 2.29. The third-order valence-corrected chi connectivity index (χ3v) is 5.21. The highest BCUT2D eigenvalue weighted by atomic mass is 35.5. The third-order valence-electron chi connectivity index (χ3n) is 4.86. The van der Waals surface area contributed by atoms with Crippen LogP contribution in [0.3, 0.4) is 0 Å². The maximum atomic E-state index is 13.9. The van der Waals surface area contributed by atoms with Crippen molar-refractivity contribution in [1.29, 1.82) is 0 Å². The number of carbonyl (C=O) groups is 1. The number of aromatic nitrogens is 3. The molecule has 27 heavy (non-hydrogen) atoms. The molecule has 0 radical (unpaired) electrons. The Hall–Kier alpha value is -2.73. The van der Waals surface area contributed by atoms with Gasteiger partial charge < -0.3 is 4.90 Å². The van der Waals surface area contributed by atoms with Crippen LogP contribution in [0.5, 0.6) is 0 Å². The number of carbonyl (C=O) groups excluding carboxylic acids is 1. The molecule has 1 atom stereocenters. The van der Waals surface area contributed by atoms with Gasteiger partial charge in [0.2, 0.25) is 5.91 Å². The average Bonchev–Trinajstić information content (AvgIpc) is 3.35. The summed E-state index contributed by atoms with van der Waals surface area (Å²) in [6.45, 7) is 1.14. The van der Waals surface area contributed by atoms with Gasteiger partial charge in [0.05, 0.1) is 18.7 Å². The minimum absolute atomic E-state index is 0.0369. The molecule has 7 heteroatoms. The summed E-state index contributed by atoms with van der Waals surface area (Å²) in [5.41, 5.74) is 2.06. The highest BCUT2D eigenvalue weighted by Crippen LogP contribution is 2.25. The van der Waals surface area contributed by atoms with Crippen LogP contribution in [0.2, 0.25) is 5.02 Å². The van der Waals surface area contributed by atoms with Crippen LogP contribution >= 0.6 is 11.6 Å². The first-order valence-electron chi connectivity index (χ1n) is 8.80. The number of hydrogen-bond donors (Lipinski definition) is 0. The Morgan fingerprint density at radius 3 is 2.78 bits per heavy atom. The second-order valence-electron chi connectivity index (χ2n) is 6.61. The van der Waals surface area contributed by atoms with Gasteiger partial charge in [-0.2, -0.15) is 0 Å². The minimum Gasteiger partial charge on any atom is -0.340 e. The van der Waals surface area contributed by atoms with Gasteiger partial charge in [-0.15, -0.1) is 5.10 Å². The number of hydrogen-bond acceptors (Lipinski definition) is 3. The first-order valence-corrected chi connectivity index (χ1v) is 9.17. The quantitative estimate of drug-likeness (QED) is 0.688. The smallest absolute Gasteiger partial charge is 0.227 e. The molecule has 1 amide bonds. The molecule has 5 nitrogen and oxygen atoms in total. The summed E-state index contributed by atoms with van der Waals surface area (Å²) in [4.78, 5) is 14.3. The summed E-state index contributed by atoms with van der Waals surface area (Å²) >= 11 is 6.03. The molecule has 1 aliphatic rings. The van der Waals surface area contributed by atoms with Crippen molar-refractivity contribution in [1.82, 2.24) is 19.9 Å². The maximum Gasteiger partial charge on any atom is 0.227 e. The van der Waals surface area contributed by atoms with Crippen molar-refractivity contribution >= 4 is 17.5 Å². The second kappa shape index (κ2) is 7.48. The topological polar surface area (TPSA) is 51.0 Å². The van der Waals surface area contributed by atoms with E-state index >= 15 is 0 Å². The standard InChI is InChI=1S/C20H18ClFN4O/c21-17-7-4-8-18(22)16(17)11-20(27)25-10-9-15(12-25)26-13-19(23-24-26)14-5-2-1-3-6-14/h1-8,13,15H,9-12H2. The zero-order valence-electron chi connectivity index (χ0n) is 14.6. The normalized spacial score (nSPS) is 16.7. The Kier molecular flexibility index (Phi) is 4.90. The predicted octanol–water partition coefficient (Wildman–Crippen LogP) is 3.75. The number of rotatable bonds is 4.